The highest BCUT2D eigenvalue weighted by atomic mass is 32.2. The minimum atomic E-state index is -3.95. The van der Waals surface area contributed by atoms with Gasteiger partial charge in [-0.25, -0.2) is 13.4 Å². The van der Waals surface area contributed by atoms with Gasteiger partial charge >= 0.3 is 0 Å². The smallest absolute Gasteiger partial charge is 0.260 e. The molecule has 0 atom stereocenters. The topological polar surface area (TPSA) is 130 Å². The van der Waals surface area contributed by atoms with Crippen LogP contribution in [0.2, 0.25) is 0 Å². The number of aliphatic hydroxyl groups is 2. The van der Waals surface area contributed by atoms with Crippen LogP contribution in [-0.4, -0.2) is 46.9 Å². The van der Waals surface area contributed by atoms with Crippen LogP contribution < -0.4 is 10.5 Å². The lowest BCUT2D eigenvalue weighted by molar-refractivity contribution is 0.121. The highest BCUT2D eigenvalue weighted by molar-refractivity contribution is 7.89. The molecule has 1 rings (SSSR count). The van der Waals surface area contributed by atoms with Crippen molar-refractivity contribution in [2.75, 3.05) is 18.9 Å². The molecule has 0 saturated carbocycles. The fraction of sp³-hybridized carbons (Fsp3) is 0.625. The van der Waals surface area contributed by atoms with E-state index in [1.165, 1.54) is 24.9 Å². The normalized spacial score (nSPS) is 12.9. The van der Waals surface area contributed by atoms with Gasteiger partial charge in [-0.2, -0.15) is 4.72 Å². The Bertz CT molecular complexity index is 472. The first kappa shape index (κ1) is 13.9. The highest BCUT2D eigenvalue weighted by Gasteiger charge is 2.32. The molecule has 9 heteroatoms. The Kier molecular flexibility index (Phi) is 3.77. The summed E-state index contributed by atoms with van der Waals surface area (Å²) >= 11 is 0. The Morgan fingerprint density at radius 3 is 2.41 bits per heavy atom. The number of hydrogen-bond donors (Lipinski definition) is 4. The molecule has 0 radical (unpaired) electrons. The second kappa shape index (κ2) is 4.61. The Balaban J connectivity index is 3.14. The first-order valence-electron chi connectivity index (χ1n) is 4.78. The van der Waals surface area contributed by atoms with Crippen LogP contribution in [0.1, 0.15) is 6.92 Å². The summed E-state index contributed by atoms with van der Waals surface area (Å²) in [6.45, 7) is 0.290. The standard InChI is InChI=1S/C8H16N4O4S/c1-8(3-13,4-14)11-17(15,16)7-6(9)10-5-12(7)2/h5,11,13-14H,3-4,9H2,1-2H3. The monoisotopic (exact) mass is 264 g/mol. The Labute approximate surface area is 99.1 Å². The van der Waals surface area contributed by atoms with Crippen LogP contribution in [0.5, 0.6) is 0 Å². The molecule has 8 nitrogen and oxygen atoms in total. The fourth-order valence-corrected chi connectivity index (χ4v) is 2.88. The molecule has 0 aromatic carbocycles. The van der Waals surface area contributed by atoms with Gasteiger partial charge in [-0.1, -0.05) is 0 Å². The molecule has 0 aliphatic heterocycles. The van der Waals surface area contributed by atoms with Crippen LogP contribution in [0.3, 0.4) is 0 Å². The molecule has 0 amide bonds. The summed E-state index contributed by atoms with van der Waals surface area (Å²) in [5.41, 5.74) is 4.10. The number of sulfonamides is 1. The third-order valence-corrected chi connectivity index (χ3v) is 4.01. The number of anilines is 1. The van der Waals surface area contributed by atoms with Crippen molar-refractivity contribution in [2.24, 2.45) is 7.05 Å². The molecule has 5 N–H and O–H groups in total. The van der Waals surface area contributed by atoms with Crippen LogP contribution in [0.25, 0.3) is 0 Å². The quantitative estimate of drug-likeness (QED) is 0.487. The van der Waals surface area contributed by atoms with Crippen molar-refractivity contribution < 1.29 is 18.6 Å². The van der Waals surface area contributed by atoms with Gasteiger partial charge in [0.15, 0.2) is 10.8 Å². The number of imidazole rings is 1. The SMILES string of the molecule is Cn1cnc(N)c1S(=O)(=O)NC(C)(CO)CO. The summed E-state index contributed by atoms with van der Waals surface area (Å²) in [7, 11) is -2.48. The first-order chi connectivity index (χ1) is 7.75. The molecular weight excluding hydrogens is 248 g/mol. The number of nitrogens with zero attached hydrogens (tertiary/aromatic N) is 2. The lowest BCUT2D eigenvalue weighted by Crippen LogP contribution is -2.51. The minimum absolute atomic E-state index is 0.141. The molecule has 0 fully saturated rings. The maximum Gasteiger partial charge on any atom is 0.260 e. The van der Waals surface area contributed by atoms with E-state index in [1.807, 2.05) is 0 Å². The van der Waals surface area contributed by atoms with Crippen molar-refractivity contribution in [3.05, 3.63) is 6.33 Å². The van der Waals surface area contributed by atoms with Gasteiger partial charge in [-0.15, -0.1) is 0 Å². The Hall–Kier alpha value is -1.16. The molecule has 1 aromatic rings. The number of nitrogen functional groups attached to an aromatic ring is 1. The van der Waals surface area contributed by atoms with Crippen LogP contribution in [-0.2, 0) is 17.1 Å². The van der Waals surface area contributed by atoms with E-state index in [9.17, 15) is 8.42 Å². The molecule has 0 saturated heterocycles. The molecule has 0 bridgehead atoms. The number of aromatic nitrogens is 2. The van der Waals surface area contributed by atoms with E-state index in [0.29, 0.717) is 0 Å². The Morgan fingerprint density at radius 1 is 1.53 bits per heavy atom. The first-order valence-corrected chi connectivity index (χ1v) is 6.26. The number of aliphatic hydroxyl groups excluding tert-OH is 2. The van der Waals surface area contributed by atoms with Crippen LogP contribution >= 0.6 is 0 Å². The highest BCUT2D eigenvalue weighted by Crippen LogP contribution is 2.17. The summed E-state index contributed by atoms with van der Waals surface area (Å²) in [6, 6.07) is 0. The van der Waals surface area contributed by atoms with Gasteiger partial charge in [0, 0.05) is 7.05 Å². The lowest BCUT2D eigenvalue weighted by Gasteiger charge is -2.25. The van der Waals surface area contributed by atoms with Crippen LogP contribution in [0.15, 0.2) is 11.4 Å². The summed E-state index contributed by atoms with van der Waals surface area (Å²) in [5.74, 6) is -0.141. The van der Waals surface area contributed by atoms with E-state index in [0.717, 1.165) is 0 Å². The van der Waals surface area contributed by atoms with Crippen molar-refractivity contribution >= 4 is 15.8 Å². The largest absolute Gasteiger partial charge is 0.394 e. The van der Waals surface area contributed by atoms with E-state index < -0.39 is 28.8 Å². The number of nitrogens with one attached hydrogen (secondary N) is 1. The van der Waals surface area contributed by atoms with Crippen molar-refractivity contribution in [1.29, 1.82) is 0 Å². The molecule has 0 spiro atoms. The Morgan fingerprint density at radius 2 is 2.06 bits per heavy atom. The lowest BCUT2D eigenvalue weighted by atomic mass is 10.1. The van der Waals surface area contributed by atoms with Crippen molar-refractivity contribution in [2.45, 2.75) is 17.5 Å². The molecule has 0 aliphatic carbocycles. The molecular formula is C8H16N4O4S. The molecule has 0 unspecified atom stereocenters. The van der Waals surface area contributed by atoms with Gasteiger partial charge in [0.2, 0.25) is 0 Å². The zero-order chi connectivity index (χ0) is 13.3. The van der Waals surface area contributed by atoms with Crippen LogP contribution in [0.4, 0.5) is 5.82 Å². The summed E-state index contributed by atoms with van der Waals surface area (Å²) in [4.78, 5) is 3.66. The maximum absolute atomic E-state index is 12.0. The molecule has 1 heterocycles. The molecule has 17 heavy (non-hydrogen) atoms. The van der Waals surface area contributed by atoms with Gasteiger partial charge in [-0.05, 0) is 6.92 Å². The zero-order valence-electron chi connectivity index (χ0n) is 9.58. The van der Waals surface area contributed by atoms with Gasteiger partial charge in [0.05, 0.1) is 25.1 Å². The van der Waals surface area contributed by atoms with E-state index in [2.05, 4.69) is 9.71 Å². The van der Waals surface area contributed by atoms with E-state index >= 15 is 0 Å². The van der Waals surface area contributed by atoms with Gasteiger partial charge < -0.3 is 20.5 Å². The van der Waals surface area contributed by atoms with E-state index in [4.69, 9.17) is 15.9 Å². The second-order valence-electron chi connectivity index (χ2n) is 4.03. The number of aryl methyl sites for hydroxylation is 1. The summed E-state index contributed by atoms with van der Waals surface area (Å²) in [5, 5.41) is 17.9. The summed E-state index contributed by atoms with van der Waals surface area (Å²) < 4.78 is 27.4. The van der Waals surface area contributed by atoms with Gasteiger partial charge in [0.1, 0.15) is 0 Å². The van der Waals surface area contributed by atoms with Crippen molar-refractivity contribution in [3.63, 3.8) is 0 Å². The average molecular weight is 264 g/mol. The van der Waals surface area contributed by atoms with Gasteiger partial charge in [-0.3, -0.25) is 0 Å². The second-order valence-corrected chi connectivity index (χ2v) is 5.63. The average Bonchev–Trinajstić information content (AvgIpc) is 2.58. The molecule has 98 valence electrons. The predicted molar refractivity (Wildman–Crippen MR) is 60.5 cm³/mol. The number of hydrogen-bond acceptors (Lipinski definition) is 6. The van der Waals surface area contributed by atoms with Crippen molar-refractivity contribution in [3.8, 4) is 0 Å². The zero-order valence-corrected chi connectivity index (χ0v) is 10.4. The fourth-order valence-electron chi connectivity index (χ4n) is 1.25. The number of nitrogens with two attached hydrogens (primary N) is 1. The van der Waals surface area contributed by atoms with Crippen LogP contribution in [0, 0.1) is 0 Å². The number of rotatable bonds is 5. The molecule has 0 aliphatic rings. The summed E-state index contributed by atoms with van der Waals surface area (Å²) in [6.07, 6.45) is 1.26. The van der Waals surface area contributed by atoms with Crippen molar-refractivity contribution in [1.82, 2.24) is 14.3 Å². The van der Waals surface area contributed by atoms with E-state index in [-0.39, 0.29) is 10.8 Å². The van der Waals surface area contributed by atoms with Gasteiger partial charge in [0.25, 0.3) is 10.0 Å². The third kappa shape index (κ3) is 2.75. The van der Waals surface area contributed by atoms with E-state index in [1.54, 1.807) is 0 Å². The third-order valence-electron chi connectivity index (χ3n) is 2.24. The predicted octanol–water partition coefficient (Wildman–Crippen LogP) is -1.98. The molecule has 1 aromatic heterocycles. The maximum atomic E-state index is 12.0. The minimum Gasteiger partial charge on any atom is -0.394 e.